The van der Waals surface area contributed by atoms with Crippen molar-refractivity contribution in [3.63, 3.8) is 0 Å². The Bertz CT molecular complexity index is 2950. The molecule has 0 aliphatic rings. The fraction of sp³-hybridized carbons (Fsp3) is 0. The molecule has 0 spiro atoms. The number of hydrogen-bond donors (Lipinski definition) is 0. The SMILES string of the molecule is c1ccc(-c2ccc(-c3ccc(-c4nc(-c5cccc(-c6cccc7c6sc6ccccc67)c5)nc(-c5ccccc5-c5ccccc5)n4)cc3)cc2)cc1. The smallest absolute Gasteiger partial charge is 0.164 e. The highest BCUT2D eigenvalue weighted by Gasteiger charge is 2.17. The molecule has 0 radical (unpaired) electrons. The van der Waals surface area contributed by atoms with Crippen LogP contribution in [0.15, 0.2) is 200 Å². The summed E-state index contributed by atoms with van der Waals surface area (Å²) in [6, 6.07) is 70.4. The fourth-order valence-corrected chi connectivity index (χ4v) is 8.64. The van der Waals surface area contributed by atoms with Gasteiger partial charge in [-0.15, -0.1) is 11.3 Å². The first kappa shape index (κ1) is 32.6. The van der Waals surface area contributed by atoms with Crippen molar-refractivity contribution >= 4 is 31.5 Å². The first-order valence-corrected chi connectivity index (χ1v) is 19.3. The molecular formula is C51H33N3S. The molecular weight excluding hydrogens is 687 g/mol. The standard InChI is InChI=1S/C51H33N3S/c1-3-13-34(14-4-1)35-25-27-36(28-26-35)37-29-31-39(32-30-37)49-52-50(54-51(53-49)46-21-8-7-19-42(46)38-15-5-2-6-16-38)41-18-11-17-40(33-41)43-22-12-23-45-44-20-9-10-24-47(44)55-48(43)45/h1-33H. The lowest BCUT2D eigenvalue weighted by Gasteiger charge is -2.13. The van der Waals surface area contributed by atoms with Crippen molar-refractivity contribution in [1.82, 2.24) is 15.0 Å². The summed E-state index contributed by atoms with van der Waals surface area (Å²) < 4.78 is 2.57. The van der Waals surface area contributed by atoms with Gasteiger partial charge >= 0.3 is 0 Å². The number of thiophene rings is 1. The predicted octanol–water partition coefficient (Wildman–Crippen LogP) is 13.9. The fourth-order valence-electron chi connectivity index (χ4n) is 7.40. The lowest BCUT2D eigenvalue weighted by Crippen LogP contribution is -2.01. The molecule has 0 aliphatic carbocycles. The van der Waals surface area contributed by atoms with Gasteiger partial charge in [0, 0.05) is 36.9 Å². The molecule has 0 unspecified atom stereocenters. The Balaban J connectivity index is 1.08. The Kier molecular flexibility index (Phi) is 8.36. The minimum Gasteiger partial charge on any atom is -0.208 e. The second-order valence-corrected chi connectivity index (χ2v) is 14.7. The van der Waals surface area contributed by atoms with Crippen molar-refractivity contribution in [2.75, 3.05) is 0 Å². The third-order valence-corrected chi connectivity index (χ3v) is 11.4. The van der Waals surface area contributed by atoms with Crippen molar-refractivity contribution in [2.24, 2.45) is 0 Å². The van der Waals surface area contributed by atoms with Gasteiger partial charge < -0.3 is 0 Å². The van der Waals surface area contributed by atoms with E-state index >= 15 is 0 Å². The largest absolute Gasteiger partial charge is 0.208 e. The molecule has 10 rings (SSSR count). The zero-order chi connectivity index (χ0) is 36.6. The predicted molar refractivity (Wildman–Crippen MR) is 231 cm³/mol. The van der Waals surface area contributed by atoms with Crippen LogP contribution in [0, 0.1) is 0 Å². The Morgan fingerprint density at radius 3 is 1.44 bits per heavy atom. The van der Waals surface area contributed by atoms with E-state index in [2.05, 4.69) is 188 Å². The van der Waals surface area contributed by atoms with Gasteiger partial charge in [0.15, 0.2) is 17.5 Å². The van der Waals surface area contributed by atoms with Crippen LogP contribution in [-0.2, 0) is 0 Å². The second-order valence-electron chi connectivity index (χ2n) is 13.6. The van der Waals surface area contributed by atoms with Crippen LogP contribution in [0.2, 0.25) is 0 Å². The van der Waals surface area contributed by atoms with Crippen LogP contribution >= 0.6 is 11.3 Å². The van der Waals surface area contributed by atoms with Crippen molar-refractivity contribution in [3.05, 3.63) is 200 Å². The molecule has 0 fully saturated rings. The van der Waals surface area contributed by atoms with E-state index in [1.165, 1.54) is 36.9 Å². The van der Waals surface area contributed by atoms with Gasteiger partial charge in [0.2, 0.25) is 0 Å². The summed E-state index contributed by atoms with van der Waals surface area (Å²) in [5.74, 6) is 1.90. The highest BCUT2D eigenvalue weighted by atomic mass is 32.1. The summed E-state index contributed by atoms with van der Waals surface area (Å²) in [7, 11) is 0. The van der Waals surface area contributed by atoms with Gasteiger partial charge in [0.25, 0.3) is 0 Å². The second kappa shape index (κ2) is 14.1. The van der Waals surface area contributed by atoms with Crippen molar-refractivity contribution in [2.45, 2.75) is 0 Å². The third kappa shape index (κ3) is 6.29. The Labute approximate surface area is 323 Å². The summed E-state index contributed by atoms with van der Waals surface area (Å²) in [4.78, 5) is 15.5. The number of aromatic nitrogens is 3. The van der Waals surface area contributed by atoms with E-state index in [9.17, 15) is 0 Å². The van der Waals surface area contributed by atoms with E-state index in [4.69, 9.17) is 15.0 Å². The van der Waals surface area contributed by atoms with Crippen molar-refractivity contribution in [1.29, 1.82) is 0 Å². The minimum atomic E-state index is 0.630. The molecule has 0 aliphatic heterocycles. The average molecular weight is 720 g/mol. The quantitative estimate of drug-likeness (QED) is 0.165. The Morgan fingerprint density at radius 1 is 0.273 bits per heavy atom. The normalized spacial score (nSPS) is 11.3. The number of rotatable bonds is 7. The molecule has 0 bridgehead atoms. The molecule has 0 atom stereocenters. The molecule has 8 aromatic carbocycles. The first-order chi connectivity index (χ1) is 27.2. The number of fused-ring (bicyclic) bond motifs is 3. The molecule has 55 heavy (non-hydrogen) atoms. The summed E-state index contributed by atoms with van der Waals surface area (Å²) in [5.41, 5.74) is 12.1. The van der Waals surface area contributed by atoms with Gasteiger partial charge in [-0.05, 0) is 56.6 Å². The Hall–Kier alpha value is -7.01. The average Bonchev–Trinajstić information content (AvgIpc) is 3.66. The monoisotopic (exact) mass is 719 g/mol. The van der Waals surface area contributed by atoms with E-state index in [1.54, 1.807) is 0 Å². The number of nitrogens with zero attached hydrogens (tertiary/aromatic N) is 3. The number of benzene rings is 8. The van der Waals surface area contributed by atoms with E-state index < -0.39 is 0 Å². The van der Waals surface area contributed by atoms with E-state index in [0.29, 0.717) is 17.5 Å². The van der Waals surface area contributed by atoms with Gasteiger partial charge in [-0.1, -0.05) is 188 Å². The van der Waals surface area contributed by atoms with Crippen LogP contribution in [0.5, 0.6) is 0 Å². The highest BCUT2D eigenvalue weighted by molar-refractivity contribution is 7.26. The van der Waals surface area contributed by atoms with Crippen LogP contribution in [0.3, 0.4) is 0 Å². The summed E-state index contributed by atoms with van der Waals surface area (Å²) in [6.45, 7) is 0. The maximum Gasteiger partial charge on any atom is 0.164 e. The molecule has 0 saturated heterocycles. The molecule has 4 heteroatoms. The van der Waals surface area contributed by atoms with Gasteiger partial charge in [0.1, 0.15) is 0 Å². The van der Waals surface area contributed by atoms with Crippen LogP contribution < -0.4 is 0 Å². The van der Waals surface area contributed by atoms with Gasteiger partial charge in [-0.3, -0.25) is 0 Å². The van der Waals surface area contributed by atoms with Crippen molar-refractivity contribution < 1.29 is 0 Å². The van der Waals surface area contributed by atoms with Crippen LogP contribution in [0.25, 0.3) is 98.8 Å². The zero-order valence-corrected chi connectivity index (χ0v) is 30.6. The molecule has 10 aromatic rings. The molecule has 0 amide bonds. The number of hydrogen-bond acceptors (Lipinski definition) is 4. The van der Waals surface area contributed by atoms with Crippen LogP contribution in [0.4, 0.5) is 0 Å². The third-order valence-electron chi connectivity index (χ3n) is 10.2. The van der Waals surface area contributed by atoms with Crippen LogP contribution in [-0.4, -0.2) is 15.0 Å². The van der Waals surface area contributed by atoms with E-state index in [-0.39, 0.29) is 0 Å². The molecule has 2 heterocycles. The maximum atomic E-state index is 5.20. The summed E-state index contributed by atoms with van der Waals surface area (Å²) >= 11 is 1.84. The van der Waals surface area contributed by atoms with Crippen LogP contribution in [0.1, 0.15) is 0 Å². The Morgan fingerprint density at radius 2 is 0.727 bits per heavy atom. The van der Waals surface area contributed by atoms with Gasteiger partial charge in [0.05, 0.1) is 0 Å². The van der Waals surface area contributed by atoms with Crippen molar-refractivity contribution in [3.8, 4) is 78.7 Å². The molecule has 258 valence electrons. The summed E-state index contributed by atoms with van der Waals surface area (Å²) in [6.07, 6.45) is 0. The first-order valence-electron chi connectivity index (χ1n) is 18.4. The minimum absolute atomic E-state index is 0.630. The lowest BCUT2D eigenvalue weighted by molar-refractivity contribution is 1.07. The summed E-state index contributed by atoms with van der Waals surface area (Å²) in [5, 5.41) is 2.57. The molecule has 0 saturated carbocycles. The molecule has 3 nitrogen and oxygen atoms in total. The van der Waals surface area contributed by atoms with Gasteiger partial charge in [-0.2, -0.15) is 0 Å². The van der Waals surface area contributed by atoms with E-state index in [1.807, 2.05) is 23.5 Å². The van der Waals surface area contributed by atoms with E-state index in [0.717, 1.165) is 44.5 Å². The zero-order valence-electron chi connectivity index (χ0n) is 29.8. The molecule has 0 N–H and O–H groups in total. The highest BCUT2D eigenvalue weighted by Crippen LogP contribution is 2.41. The topological polar surface area (TPSA) is 38.7 Å². The maximum absolute atomic E-state index is 5.20. The molecule has 2 aromatic heterocycles. The lowest BCUT2D eigenvalue weighted by atomic mass is 9.98. The van der Waals surface area contributed by atoms with Gasteiger partial charge in [-0.25, -0.2) is 15.0 Å².